The van der Waals surface area contributed by atoms with Gasteiger partial charge >= 0.3 is 11.9 Å². The topological polar surface area (TPSA) is 167 Å². The number of ketones is 1. The molecule has 0 saturated carbocycles. The van der Waals surface area contributed by atoms with Gasteiger partial charge in [-0.1, -0.05) is 29.8 Å². The molecule has 0 bridgehead atoms. The predicted molar refractivity (Wildman–Crippen MR) is 164 cm³/mol. The second kappa shape index (κ2) is 10.8. The lowest BCUT2D eigenvalue weighted by atomic mass is 9.88. The lowest BCUT2D eigenvalue weighted by molar-refractivity contribution is 0.0683. The van der Waals surface area contributed by atoms with Crippen LogP contribution < -0.4 is 10.7 Å². The summed E-state index contributed by atoms with van der Waals surface area (Å²) in [5.74, 6) is -2.76. The average Bonchev–Trinajstić information content (AvgIpc) is 2.99. The first-order chi connectivity index (χ1) is 21.0. The first-order valence-corrected chi connectivity index (χ1v) is 13.6. The number of nitrogens with one attached hydrogen (secondary N) is 1. The molecule has 1 aliphatic carbocycles. The van der Waals surface area contributed by atoms with Crippen molar-refractivity contribution in [3.8, 4) is 28.2 Å². The monoisotopic (exact) mass is 608 g/mol. The minimum absolute atomic E-state index is 0.0255. The van der Waals surface area contributed by atoms with E-state index < -0.39 is 17.4 Å². The number of rotatable bonds is 7. The summed E-state index contributed by atoms with van der Waals surface area (Å²) in [6.07, 6.45) is 0. The molecule has 10 nitrogen and oxygen atoms in total. The number of carbonyl (C=O) groups excluding carboxylic acids is 1. The van der Waals surface area contributed by atoms with E-state index in [1.165, 1.54) is 49.4 Å². The van der Waals surface area contributed by atoms with Gasteiger partial charge in [-0.3, -0.25) is 9.59 Å². The molecule has 6 rings (SSSR count). The number of benzene rings is 4. The van der Waals surface area contributed by atoms with Crippen LogP contribution in [-0.4, -0.2) is 38.0 Å². The predicted octanol–water partition coefficient (Wildman–Crippen LogP) is 6.68. The number of aromatic nitrogens is 1. The molecular formula is C33H21ClN2O8. The molecule has 11 heteroatoms. The Morgan fingerprint density at radius 3 is 2.45 bits per heavy atom. The van der Waals surface area contributed by atoms with Crippen molar-refractivity contribution in [2.75, 3.05) is 5.32 Å². The number of pyridine rings is 1. The maximum Gasteiger partial charge on any atom is 0.354 e. The SMILES string of the molecule is CC(=O)c1ccc(C(=O)O)cc1-c1c2cc(Cl)c(=O)cc-2oc2c(CNc3cccc4ccc(C(=O)O)nc34)c(O)ccc12. The zero-order valence-corrected chi connectivity index (χ0v) is 23.6. The molecule has 0 radical (unpaired) electrons. The molecule has 4 aromatic rings. The molecule has 1 aromatic heterocycles. The quantitative estimate of drug-likeness (QED) is 0.113. The van der Waals surface area contributed by atoms with Crippen molar-refractivity contribution in [1.29, 1.82) is 0 Å². The van der Waals surface area contributed by atoms with Crippen LogP contribution in [0.1, 0.15) is 43.7 Å². The number of aromatic hydroxyl groups is 1. The van der Waals surface area contributed by atoms with E-state index in [1.807, 2.05) is 0 Å². The summed E-state index contributed by atoms with van der Waals surface area (Å²) in [5.41, 5.74) is 1.86. The van der Waals surface area contributed by atoms with E-state index >= 15 is 0 Å². The van der Waals surface area contributed by atoms with Crippen LogP contribution in [0.5, 0.6) is 5.75 Å². The molecule has 0 fully saturated rings. The van der Waals surface area contributed by atoms with E-state index in [0.717, 1.165) is 0 Å². The van der Waals surface area contributed by atoms with Crippen molar-refractivity contribution in [2.45, 2.75) is 13.5 Å². The molecule has 44 heavy (non-hydrogen) atoms. The number of fused-ring (bicyclic) bond motifs is 3. The van der Waals surface area contributed by atoms with E-state index in [1.54, 1.807) is 30.3 Å². The number of Topliss-reactive ketones (excluding diaryl/α,β-unsaturated/α-hetero) is 1. The maximum atomic E-state index is 12.7. The van der Waals surface area contributed by atoms with Gasteiger partial charge in [0.05, 0.1) is 27.4 Å². The first-order valence-electron chi connectivity index (χ1n) is 13.2. The highest BCUT2D eigenvalue weighted by Gasteiger charge is 2.25. The Bertz CT molecular complexity index is 2220. The Hall–Kier alpha value is -5.74. The zero-order valence-electron chi connectivity index (χ0n) is 22.8. The summed E-state index contributed by atoms with van der Waals surface area (Å²) in [6, 6.07) is 18.0. The third-order valence-electron chi connectivity index (χ3n) is 7.33. The summed E-state index contributed by atoms with van der Waals surface area (Å²) in [7, 11) is 0. The fraction of sp³-hybridized carbons (Fsp3) is 0.0606. The molecule has 0 atom stereocenters. The lowest BCUT2D eigenvalue weighted by Gasteiger charge is -2.20. The summed E-state index contributed by atoms with van der Waals surface area (Å²) in [4.78, 5) is 53.0. The van der Waals surface area contributed by atoms with E-state index in [-0.39, 0.29) is 62.4 Å². The van der Waals surface area contributed by atoms with Crippen LogP contribution in [0.15, 0.2) is 82.0 Å². The summed E-state index contributed by atoms with van der Waals surface area (Å²) in [6.45, 7) is 1.33. The Kier molecular flexibility index (Phi) is 6.99. The fourth-order valence-corrected chi connectivity index (χ4v) is 5.41. The van der Waals surface area contributed by atoms with Crippen LogP contribution in [0, 0.1) is 0 Å². The number of hydrogen-bond acceptors (Lipinski definition) is 8. The highest BCUT2D eigenvalue weighted by Crippen LogP contribution is 2.44. The van der Waals surface area contributed by atoms with Crippen LogP contribution >= 0.6 is 11.6 Å². The number of carboxylic acids is 2. The maximum absolute atomic E-state index is 12.7. The number of hydrogen-bond donors (Lipinski definition) is 4. The molecule has 0 amide bonds. The number of halogens is 1. The lowest BCUT2D eigenvalue weighted by Crippen LogP contribution is -2.07. The Balaban J connectivity index is 1.61. The number of nitrogens with zero attached hydrogens (tertiary/aromatic N) is 1. The van der Waals surface area contributed by atoms with Crippen LogP contribution in [0.3, 0.4) is 0 Å². The van der Waals surface area contributed by atoms with E-state index in [2.05, 4.69) is 10.3 Å². The van der Waals surface area contributed by atoms with Gasteiger partial charge in [0.15, 0.2) is 5.78 Å². The van der Waals surface area contributed by atoms with Crippen molar-refractivity contribution in [1.82, 2.24) is 4.98 Å². The van der Waals surface area contributed by atoms with Crippen molar-refractivity contribution >= 4 is 56.9 Å². The van der Waals surface area contributed by atoms with Crippen molar-refractivity contribution in [3.63, 3.8) is 0 Å². The number of phenolic OH excluding ortho intramolecular Hbond substituents is 1. The standard InChI is InChI=1S/C33H21ClN2O8/c1-15(37)18-7-5-17(32(40)41)11-20(18)29-19-8-10-26(38)22(31(19)44-28-13-27(39)23(34)12-21(28)29)14-35-24-4-2-3-16-6-9-25(33(42)43)36-30(16)24/h2-13,35,38H,14H2,1H3,(H,40,41)(H,42,43). The molecule has 0 unspecified atom stereocenters. The summed E-state index contributed by atoms with van der Waals surface area (Å²) >= 11 is 6.23. The van der Waals surface area contributed by atoms with Gasteiger partial charge < -0.3 is 25.1 Å². The van der Waals surface area contributed by atoms with Gasteiger partial charge in [-0.25, -0.2) is 14.6 Å². The van der Waals surface area contributed by atoms with Crippen LogP contribution in [0.4, 0.5) is 5.69 Å². The van der Waals surface area contributed by atoms with Crippen LogP contribution in [0.2, 0.25) is 5.02 Å². The molecule has 0 spiro atoms. The molecule has 1 aliphatic heterocycles. The molecule has 2 aliphatic rings. The Morgan fingerprint density at radius 2 is 1.73 bits per heavy atom. The minimum atomic E-state index is -1.20. The largest absolute Gasteiger partial charge is 0.507 e. The van der Waals surface area contributed by atoms with Crippen LogP contribution in [-0.2, 0) is 6.54 Å². The third-order valence-corrected chi connectivity index (χ3v) is 7.63. The normalized spacial score (nSPS) is 11.2. The molecule has 4 N–H and O–H groups in total. The number of phenols is 1. The second-order valence-electron chi connectivity index (χ2n) is 10.0. The van der Waals surface area contributed by atoms with E-state index in [4.69, 9.17) is 16.0 Å². The summed E-state index contributed by atoms with van der Waals surface area (Å²) in [5, 5.41) is 34.4. The van der Waals surface area contributed by atoms with Crippen molar-refractivity contribution < 1.29 is 34.1 Å². The average molecular weight is 609 g/mol. The Labute approximate surface area is 253 Å². The van der Waals surface area contributed by atoms with E-state index in [0.29, 0.717) is 33.1 Å². The zero-order chi connectivity index (χ0) is 31.3. The second-order valence-corrected chi connectivity index (χ2v) is 10.5. The van der Waals surface area contributed by atoms with Gasteiger partial charge in [-0.2, -0.15) is 0 Å². The third kappa shape index (κ3) is 4.87. The first kappa shape index (κ1) is 28.4. The number of anilines is 1. The summed E-state index contributed by atoms with van der Waals surface area (Å²) < 4.78 is 6.21. The number of carboxylic acid groups (broad SMARTS) is 2. The highest BCUT2D eigenvalue weighted by molar-refractivity contribution is 6.31. The molecule has 3 aromatic carbocycles. The van der Waals surface area contributed by atoms with Gasteiger partial charge in [0, 0.05) is 40.1 Å². The van der Waals surface area contributed by atoms with Gasteiger partial charge in [0.2, 0.25) is 5.43 Å². The van der Waals surface area contributed by atoms with Gasteiger partial charge in [0.1, 0.15) is 22.8 Å². The van der Waals surface area contributed by atoms with Gasteiger partial charge in [-0.05, 0) is 61.0 Å². The molecule has 0 saturated heterocycles. The fourth-order valence-electron chi connectivity index (χ4n) is 5.25. The number of aromatic carboxylic acids is 2. The number of para-hydroxylation sites is 1. The van der Waals surface area contributed by atoms with Crippen molar-refractivity contribution in [3.05, 3.63) is 110 Å². The molecular weight excluding hydrogens is 588 g/mol. The van der Waals surface area contributed by atoms with E-state index in [9.17, 15) is 34.5 Å². The van der Waals surface area contributed by atoms with Crippen molar-refractivity contribution in [2.24, 2.45) is 0 Å². The Morgan fingerprint density at radius 1 is 0.932 bits per heavy atom. The van der Waals surface area contributed by atoms with Gasteiger partial charge in [-0.15, -0.1) is 0 Å². The van der Waals surface area contributed by atoms with Crippen LogP contribution in [0.25, 0.3) is 44.3 Å². The molecule has 218 valence electrons. The number of carbonyl (C=O) groups is 3. The highest BCUT2D eigenvalue weighted by atomic mass is 35.5. The van der Waals surface area contributed by atoms with Gasteiger partial charge in [0.25, 0.3) is 0 Å². The smallest absolute Gasteiger partial charge is 0.354 e. The minimum Gasteiger partial charge on any atom is -0.507 e. The molecule has 2 heterocycles.